The van der Waals surface area contributed by atoms with Crippen molar-refractivity contribution in [3.63, 3.8) is 0 Å². The summed E-state index contributed by atoms with van der Waals surface area (Å²) in [6.45, 7) is 10.3. The summed E-state index contributed by atoms with van der Waals surface area (Å²) in [5.41, 5.74) is 0. The van der Waals surface area contributed by atoms with Gasteiger partial charge >= 0.3 is 0 Å². The van der Waals surface area contributed by atoms with E-state index in [1.54, 1.807) is 7.11 Å². The third kappa shape index (κ3) is 32.2. The molecule has 0 rings (SSSR count). The molecule has 2 radical (unpaired) electrons. The first-order chi connectivity index (χ1) is 5.33. The largest absolute Gasteiger partial charge is 0.501 e. The van der Waals surface area contributed by atoms with Crippen molar-refractivity contribution in [3.05, 3.63) is 0 Å². The minimum Gasteiger partial charge on any atom is -0.501 e. The van der Waals surface area contributed by atoms with E-state index in [-0.39, 0.29) is 43.2 Å². The van der Waals surface area contributed by atoms with Gasteiger partial charge < -0.3 is 8.85 Å². The minimum absolute atomic E-state index is 0. The zero-order valence-electron chi connectivity index (χ0n) is 9.47. The van der Waals surface area contributed by atoms with Crippen molar-refractivity contribution in [2.24, 2.45) is 0 Å². The standard InChI is InChI=1S/C5H10OSi.C3H9OSi.Y.H2/c1-5-6-7(2,3)4;1-4-5(2)3;;/h1H,2-4H3;1-3H3;;1H. The maximum atomic E-state index is 4.90. The maximum absolute atomic E-state index is 4.90. The van der Waals surface area contributed by atoms with Gasteiger partial charge in [-0.15, -0.1) is 0 Å². The zero-order valence-corrected chi connectivity index (χ0v) is 14.3. The molecule has 0 fully saturated rings. The Hall–Kier alpha value is 0.858. The Morgan fingerprint density at radius 3 is 1.62 bits per heavy atom. The summed E-state index contributed by atoms with van der Waals surface area (Å²) in [6, 6.07) is 0. The topological polar surface area (TPSA) is 18.5 Å². The van der Waals surface area contributed by atoms with Crippen molar-refractivity contribution in [1.82, 2.24) is 0 Å². The van der Waals surface area contributed by atoms with Crippen molar-refractivity contribution < 1.29 is 43.0 Å². The van der Waals surface area contributed by atoms with Gasteiger partial charge in [0.1, 0.15) is 0 Å². The van der Waals surface area contributed by atoms with Gasteiger partial charge in [0.25, 0.3) is 8.32 Å². The van der Waals surface area contributed by atoms with Gasteiger partial charge in [0.2, 0.25) is 9.04 Å². The fourth-order valence-corrected chi connectivity index (χ4v) is 0.530. The van der Waals surface area contributed by atoms with Crippen LogP contribution in [0.15, 0.2) is 0 Å². The van der Waals surface area contributed by atoms with Crippen LogP contribution in [0.3, 0.4) is 0 Å². The molecule has 0 amide bonds. The van der Waals surface area contributed by atoms with Gasteiger partial charge in [0.05, 0.1) is 6.11 Å². The zero-order chi connectivity index (χ0) is 10.2. The van der Waals surface area contributed by atoms with E-state index < -0.39 is 8.32 Å². The molecule has 0 aliphatic carbocycles. The summed E-state index contributed by atoms with van der Waals surface area (Å²) in [6.07, 6.45) is 7.05. The quantitative estimate of drug-likeness (QED) is 0.575. The van der Waals surface area contributed by atoms with Crippen molar-refractivity contribution in [3.8, 4) is 12.5 Å². The van der Waals surface area contributed by atoms with Gasteiger partial charge in [-0.05, 0) is 32.7 Å². The monoisotopic (exact) mass is 294 g/mol. The number of hydrogen-bond acceptors (Lipinski definition) is 2. The maximum Gasteiger partial charge on any atom is 0.255 e. The summed E-state index contributed by atoms with van der Waals surface area (Å²) >= 11 is 0. The van der Waals surface area contributed by atoms with Gasteiger partial charge in [-0.25, -0.2) is 0 Å². The first-order valence-corrected chi connectivity index (χ1v) is 9.63. The Labute approximate surface area is 112 Å². The second-order valence-corrected chi connectivity index (χ2v) is 10.1. The van der Waals surface area contributed by atoms with Crippen LogP contribution in [-0.2, 0) is 41.6 Å². The van der Waals surface area contributed by atoms with Gasteiger partial charge in [0.15, 0.2) is 0 Å². The van der Waals surface area contributed by atoms with E-state index >= 15 is 0 Å². The van der Waals surface area contributed by atoms with Crippen LogP contribution in [0.25, 0.3) is 0 Å². The average Bonchev–Trinajstić information content (AvgIpc) is 1.86. The molecule has 0 saturated heterocycles. The molecular formula is C8H21O2Si2Y. The van der Waals surface area contributed by atoms with Crippen molar-refractivity contribution in [2.45, 2.75) is 32.7 Å². The molecule has 0 N–H and O–H groups in total. The summed E-state index contributed by atoms with van der Waals surface area (Å²) < 4.78 is 9.75. The van der Waals surface area contributed by atoms with E-state index in [1.165, 1.54) is 0 Å². The molecule has 0 aliphatic heterocycles. The molecule has 0 spiro atoms. The minimum atomic E-state index is -1.39. The number of rotatable bonds is 2. The molecule has 0 heterocycles. The SMILES string of the molecule is C#CO[Si](C)(C)C.CO[Si](C)C.[HH].[Y]. The second kappa shape index (κ2) is 10.9. The van der Waals surface area contributed by atoms with Crippen molar-refractivity contribution in [2.75, 3.05) is 7.11 Å². The summed E-state index contributed by atoms with van der Waals surface area (Å²) in [5, 5.41) is 0. The predicted octanol–water partition coefficient (Wildman–Crippen LogP) is 2.56. The molecular weight excluding hydrogens is 273 g/mol. The Balaban J connectivity index is -0.0000000651. The van der Waals surface area contributed by atoms with E-state index in [1.807, 2.05) is 19.6 Å². The van der Waals surface area contributed by atoms with Gasteiger partial charge in [0, 0.05) is 41.2 Å². The summed E-state index contributed by atoms with van der Waals surface area (Å²) in [4.78, 5) is 0. The molecule has 0 aromatic carbocycles. The van der Waals surface area contributed by atoms with Crippen LogP contribution in [0.2, 0.25) is 32.7 Å². The normalized spacial score (nSPS) is 9.08. The molecule has 0 aliphatic rings. The molecule has 0 atom stereocenters. The molecule has 76 valence electrons. The average molecular weight is 294 g/mol. The number of hydrogen-bond donors (Lipinski definition) is 0. The Bertz CT molecular complexity index is 143. The Morgan fingerprint density at radius 1 is 1.31 bits per heavy atom. The summed E-state index contributed by atoms with van der Waals surface area (Å²) in [7, 11) is -0.0230. The fourth-order valence-electron chi connectivity index (χ4n) is 0.177. The molecule has 5 heteroatoms. The smallest absolute Gasteiger partial charge is 0.255 e. The van der Waals surface area contributed by atoms with E-state index in [2.05, 4.69) is 19.2 Å². The number of terminal acetylenes is 1. The Morgan fingerprint density at radius 2 is 1.62 bits per heavy atom. The first-order valence-electron chi connectivity index (χ1n) is 3.81. The molecule has 0 aromatic heterocycles. The van der Waals surface area contributed by atoms with Crippen molar-refractivity contribution >= 4 is 17.4 Å². The molecule has 2 nitrogen and oxygen atoms in total. The van der Waals surface area contributed by atoms with Gasteiger partial charge in [-0.1, -0.05) is 6.42 Å². The van der Waals surface area contributed by atoms with Crippen LogP contribution in [0.1, 0.15) is 1.43 Å². The van der Waals surface area contributed by atoms with E-state index in [0.29, 0.717) is 0 Å². The van der Waals surface area contributed by atoms with Crippen LogP contribution >= 0.6 is 0 Å². The molecule has 13 heavy (non-hydrogen) atoms. The molecule has 0 aromatic rings. The third-order valence-corrected chi connectivity index (χ3v) is 2.32. The second-order valence-electron chi connectivity index (χ2n) is 3.44. The van der Waals surface area contributed by atoms with E-state index in [9.17, 15) is 0 Å². The fraction of sp³-hybridized carbons (Fsp3) is 0.750. The molecule has 0 saturated carbocycles. The summed E-state index contributed by atoms with van der Waals surface area (Å²) in [5.74, 6) is 0. The van der Waals surface area contributed by atoms with Crippen LogP contribution in [0.5, 0.6) is 0 Å². The van der Waals surface area contributed by atoms with E-state index in [4.69, 9.17) is 15.3 Å². The molecule has 0 unspecified atom stereocenters. The first kappa shape index (κ1) is 19.4. The van der Waals surface area contributed by atoms with Crippen LogP contribution in [0.4, 0.5) is 0 Å². The van der Waals surface area contributed by atoms with Gasteiger partial charge in [-0.3, -0.25) is 0 Å². The van der Waals surface area contributed by atoms with Crippen LogP contribution in [0, 0.1) is 12.5 Å². The van der Waals surface area contributed by atoms with Crippen LogP contribution in [-0.4, -0.2) is 24.5 Å². The van der Waals surface area contributed by atoms with Gasteiger partial charge in [-0.2, -0.15) is 0 Å². The molecule has 0 bridgehead atoms. The Kier molecular flexibility index (Phi) is 16.3. The predicted molar refractivity (Wildman–Crippen MR) is 59.9 cm³/mol. The third-order valence-electron chi connectivity index (χ3n) is 0.773. The van der Waals surface area contributed by atoms with Crippen molar-refractivity contribution in [1.29, 1.82) is 0 Å². The van der Waals surface area contributed by atoms with Crippen LogP contribution < -0.4 is 0 Å². The van der Waals surface area contributed by atoms with E-state index in [0.717, 1.165) is 0 Å².